The summed E-state index contributed by atoms with van der Waals surface area (Å²) in [5, 5.41) is 3.15. The molecule has 1 saturated heterocycles. The van der Waals surface area contributed by atoms with E-state index in [0.717, 1.165) is 24.8 Å². The lowest BCUT2D eigenvalue weighted by molar-refractivity contribution is 0.346. The van der Waals surface area contributed by atoms with Gasteiger partial charge in [-0.15, -0.1) is 0 Å². The van der Waals surface area contributed by atoms with E-state index in [1.54, 1.807) is 36.5 Å². The van der Waals surface area contributed by atoms with Crippen molar-refractivity contribution in [1.29, 1.82) is 0 Å². The van der Waals surface area contributed by atoms with E-state index in [9.17, 15) is 12.8 Å². The van der Waals surface area contributed by atoms with Crippen LogP contribution >= 0.6 is 0 Å². The predicted octanol–water partition coefficient (Wildman–Crippen LogP) is 4.19. The zero-order valence-electron chi connectivity index (χ0n) is 16.9. The van der Waals surface area contributed by atoms with Gasteiger partial charge in [0.15, 0.2) is 0 Å². The third-order valence-corrected chi connectivity index (χ3v) is 6.86. The highest BCUT2D eigenvalue weighted by molar-refractivity contribution is 7.89. The monoisotopic (exact) mass is 442 g/mol. The van der Waals surface area contributed by atoms with Crippen LogP contribution in [0.1, 0.15) is 24.8 Å². The summed E-state index contributed by atoms with van der Waals surface area (Å²) >= 11 is 0. The number of hydrogen-bond donors (Lipinski definition) is 1. The number of sulfonamides is 1. The number of nitrogens with one attached hydrogen (secondary N) is 1. The Morgan fingerprint density at radius 1 is 1.00 bits per heavy atom. The molecule has 1 N–H and O–H groups in total. The van der Waals surface area contributed by atoms with Gasteiger partial charge in [0.2, 0.25) is 15.9 Å². The average Bonchev–Trinajstić information content (AvgIpc) is 2.79. The Labute approximate surface area is 181 Å². The molecule has 0 bridgehead atoms. The fourth-order valence-electron chi connectivity index (χ4n) is 3.31. The molecule has 0 aliphatic carbocycles. The van der Waals surface area contributed by atoms with Gasteiger partial charge in [0.25, 0.3) is 0 Å². The van der Waals surface area contributed by atoms with E-state index in [0.29, 0.717) is 37.1 Å². The van der Waals surface area contributed by atoms with Crippen molar-refractivity contribution >= 4 is 15.8 Å². The van der Waals surface area contributed by atoms with E-state index in [4.69, 9.17) is 4.74 Å². The van der Waals surface area contributed by atoms with E-state index in [1.165, 1.54) is 22.6 Å². The number of piperidine rings is 1. The van der Waals surface area contributed by atoms with E-state index in [-0.39, 0.29) is 10.7 Å². The lowest BCUT2D eigenvalue weighted by Crippen LogP contribution is -2.35. The molecule has 31 heavy (non-hydrogen) atoms. The number of anilines is 1. The number of pyridine rings is 2. The number of nitrogens with zero attached hydrogens (tertiary/aromatic N) is 3. The summed E-state index contributed by atoms with van der Waals surface area (Å²) in [7, 11) is -3.48. The van der Waals surface area contributed by atoms with Gasteiger partial charge in [0.1, 0.15) is 22.3 Å². The average molecular weight is 443 g/mol. The third kappa shape index (κ3) is 5.36. The molecule has 0 amide bonds. The molecule has 1 fully saturated rings. The molecule has 1 aliphatic heterocycles. The molecular weight excluding hydrogens is 419 g/mol. The normalized spacial score (nSPS) is 14.9. The summed E-state index contributed by atoms with van der Waals surface area (Å²) in [6.07, 6.45) is 5.90. The molecule has 1 aliphatic rings. The summed E-state index contributed by atoms with van der Waals surface area (Å²) in [6.45, 7) is 1.58. The predicted molar refractivity (Wildman–Crippen MR) is 115 cm³/mol. The molecule has 3 heterocycles. The molecule has 162 valence electrons. The largest absolute Gasteiger partial charge is 0.439 e. The van der Waals surface area contributed by atoms with Crippen LogP contribution in [0.2, 0.25) is 0 Å². The van der Waals surface area contributed by atoms with Gasteiger partial charge in [-0.05, 0) is 42.7 Å². The van der Waals surface area contributed by atoms with Crippen LogP contribution in [0, 0.1) is 5.82 Å². The maximum absolute atomic E-state index is 13.2. The summed E-state index contributed by atoms with van der Waals surface area (Å²) in [5.41, 5.74) is 0.887. The van der Waals surface area contributed by atoms with Gasteiger partial charge in [-0.25, -0.2) is 22.8 Å². The number of rotatable bonds is 7. The van der Waals surface area contributed by atoms with Crippen molar-refractivity contribution in [1.82, 2.24) is 14.3 Å². The summed E-state index contributed by atoms with van der Waals surface area (Å²) in [4.78, 5) is 8.67. The summed E-state index contributed by atoms with van der Waals surface area (Å²) in [6, 6.07) is 12.6. The molecule has 0 radical (unpaired) electrons. The van der Waals surface area contributed by atoms with Crippen molar-refractivity contribution in [3.63, 3.8) is 0 Å². The highest BCUT2D eigenvalue weighted by Crippen LogP contribution is 2.22. The van der Waals surface area contributed by atoms with Gasteiger partial charge < -0.3 is 10.1 Å². The summed E-state index contributed by atoms with van der Waals surface area (Å²) < 4.78 is 45.7. The Hall–Kier alpha value is -3.04. The molecule has 9 heteroatoms. The second-order valence-corrected chi connectivity index (χ2v) is 9.20. The first kappa shape index (κ1) is 21.2. The minimum Gasteiger partial charge on any atom is -0.439 e. The van der Waals surface area contributed by atoms with Crippen molar-refractivity contribution in [3.8, 4) is 11.6 Å². The molecule has 3 aromatic rings. The minimum absolute atomic E-state index is 0.209. The SMILES string of the molecule is O=S(=O)(c1ccc(NCc2ccc(Oc3cccc(F)c3)nc2)nc1)N1CCCCC1. The zero-order chi connectivity index (χ0) is 21.7. The van der Waals surface area contributed by atoms with Crippen molar-refractivity contribution in [2.75, 3.05) is 18.4 Å². The fraction of sp³-hybridized carbons (Fsp3) is 0.273. The maximum Gasteiger partial charge on any atom is 0.244 e. The van der Waals surface area contributed by atoms with Crippen LogP contribution in [0.4, 0.5) is 10.2 Å². The number of ether oxygens (including phenoxy) is 1. The zero-order valence-corrected chi connectivity index (χ0v) is 17.7. The molecule has 1 aromatic carbocycles. The first-order chi connectivity index (χ1) is 15.0. The lowest BCUT2D eigenvalue weighted by Gasteiger charge is -2.25. The van der Waals surface area contributed by atoms with Crippen LogP contribution in [0.3, 0.4) is 0 Å². The minimum atomic E-state index is -3.48. The van der Waals surface area contributed by atoms with Gasteiger partial charge >= 0.3 is 0 Å². The van der Waals surface area contributed by atoms with Gasteiger partial charge in [-0.2, -0.15) is 4.31 Å². The Bertz CT molecular complexity index is 1120. The fourth-order valence-corrected chi connectivity index (χ4v) is 4.77. The van der Waals surface area contributed by atoms with E-state index < -0.39 is 10.0 Å². The van der Waals surface area contributed by atoms with Crippen molar-refractivity contribution in [2.24, 2.45) is 0 Å². The molecule has 4 rings (SSSR count). The van der Waals surface area contributed by atoms with Crippen LogP contribution in [-0.4, -0.2) is 35.8 Å². The molecule has 0 spiro atoms. The number of halogens is 1. The van der Waals surface area contributed by atoms with Crippen LogP contribution in [-0.2, 0) is 16.6 Å². The maximum atomic E-state index is 13.2. The highest BCUT2D eigenvalue weighted by Gasteiger charge is 2.26. The molecular formula is C22H23FN4O3S. The van der Waals surface area contributed by atoms with E-state index in [1.807, 2.05) is 6.07 Å². The Morgan fingerprint density at radius 2 is 1.84 bits per heavy atom. The molecule has 0 saturated carbocycles. The van der Waals surface area contributed by atoms with Crippen molar-refractivity contribution in [2.45, 2.75) is 30.7 Å². The number of benzene rings is 1. The second kappa shape index (κ2) is 9.40. The third-order valence-electron chi connectivity index (χ3n) is 4.98. The quantitative estimate of drug-likeness (QED) is 0.591. The number of hydrogen-bond acceptors (Lipinski definition) is 6. The van der Waals surface area contributed by atoms with Gasteiger partial charge in [-0.1, -0.05) is 18.6 Å². The van der Waals surface area contributed by atoms with E-state index in [2.05, 4.69) is 15.3 Å². The van der Waals surface area contributed by atoms with Crippen molar-refractivity contribution in [3.05, 3.63) is 72.3 Å². The second-order valence-electron chi connectivity index (χ2n) is 7.26. The first-order valence-corrected chi connectivity index (χ1v) is 11.5. The van der Waals surface area contributed by atoms with Crippen LogP contribution in [0.25, 0.3) is 0 Å². The molecule has 2 aromatic heterocycles. The Kier molecular flexibility index (Phi) is 6.43. The highest BCUT2D eigenvalue weighted by atomic mass is 32.2. The topological polar surface area (TPSA) is 84.4 Å². The molecule has 7 nitrogen and oxygen atoms in total. The summed E-state index contributed by atoms with van der Waals surface area (Å²) in [5.74, 6) is 0.931. The lowest BCUT2D eigenvalue weighted by atomic mass is 10.2. The Morgan fingerprint density at radius 3 is 2.52 bits per heavy atom. The van der Waals surface area contributed by atoms with Gasteiger partial charge in [0, 0.05) is 44.2 Å². The Balaban J connectivity index is 1.34. The van der Waals surface area contributed by atoms with Crippen LogP contribution < -0.4 is 10.1 Å². The smallest absolute Gasteiger partial charge is 0.244 e. The first-order valence-electron chi connectivity index (χ1n) is 10.1. The van der Waals surface area contributed by atoms with Crippen LogP contribution in [0.5, 0.6) is 11.6 Å². The molecule has 0 unspecified atom stereocenters. The van der Waals surface area contributed by atoms with Gasteiger partial charge in [-0.3, -0.25) is 0 Å². The standard InChI is InChI=1S/C22H23FN4O3S/c23-18-5-4-6-19(13-18)30-22-10-7-17(15-26-22)14-24-21-9-8-20(16-25-21)31(28,29)27-11-2-1-3-12-27/h4-10,13,15-16H,1-3,11-12,14H2,(H,24,25). The van der Waals surface area contributed by atoms with Gasteiger partial charge in [0.05, 0.1) is 0 Å². The number of aromatic nitrogens is 2. The molecule has 0 atom stereocenters. The van der Waals surface area contributed by atoms with Crippen molar-refractivity contribution < 1.29 is 17.5 Å². The van der Waals surface area contributed by atoms with Crippen LogP contribution in [0.15, 0.2) is 65.8 Å². The van der Waals surface area contributed by atoms with E-state index >= 15 is 0 Å².